The summed E-state index contributed by atoms with van der Waals surface area (Å²) < 4.78 is 6.12. The van der Waals surface area contributed by atoms with Crippen LogP contribution in [0.5, 0.6) is 5.75 Å². The molecule has 0 saturated heterocycles. The SMILES string of the molecule is COc1cc2c(cc1Br)CCC2O. The van der Waals surface area contributed by atoms with Gasteiger partial charge in [0, 0.05) is 0 Å². The summed E-state index contributed by atoms with van der Waals surface area (Å²) in [6.45, 7) is 0. The molecule has 1 N–H and O–H groups in total. The zero-order valence-electron chi connectivity index (χ0n) is 7.38. The summed E-state index contributed by atoms with van der Waals surface area (Å²) in [5.74, 6) is 0.791. The smallest absolute Gasteiger partial charge is 0.133 e. The quantitative estimate of drug-likeness (QED) is 0.820. The molecule has 0 amide bonds. The van der Waals surface area contributed by atoms with E-state index < -0.39 is 0 Å². The molecular formula is C10H11BrO2. The van der Waals surface area contributed by atoms with Gasteiger partial charge in [0.2, 0.25) is 0 Å². The van der Waals surface area contributed by atoms with Crippen LogP contribution in [0.1, 0.15) is 23.7 Å². The van der Waals surface area contributed by atoms with E-state index in [1.165, 1.54) is 5.56 Å². The molecule has 1 unspecified atom stereocenters. The molecule has 0 radical (unpaired) electrons. The Bertz CT molecular complexity index is 336. The second kappa shape index (κ2) is 3.31. The second-order valence-corrected chi connectivity index (χ2v) is 4.09. The van der Waals surface area contributed by atoms with E-state index in [9.17, 15) is 5.11 Å². The first kappa shape index (κ1) is 9.03. The largest absolute Gasteiger partial charge is 0.496 e. The van der Waals surface area contributed by atoms with Crippen molar-refractivity contribution >= 4 is 15.9 Å². The molecule has 1 aromatic carbocycles. The third kappa shape index (κ3) is 1.46. The van der Waals surface area contributed by atoms with Crippen LogP contribution in [0.15, 0.2) is 16.6 Å². The summed E-state index contributed by atoms with van der Waals surface area (Å²) in [7, 11) is 1.63. The number of aryl methyl sites for hydroxylation is 1. The van der Waals surface area contributed by atoms with Gasteiger partial charge < -0.3 is 9.84 Å². The van der Waals surface area contributed by atoms with Crippen LogP contribution >= 0.6 is 15.9 Å². The fraction of sp³-hybridized carbons (Fsp3) is 0.400. The summed E-state index contributed by atoms with van der Waals surface area (Å²) in [5.41, 5.74) is 2.24. The first-order valence-electron chi connectivity index (χ1n) is 4.26. The van der Waals surface area contributed by atoms with Crippen LogP contribution in [-0.2, 0) is 6.42 Å². The van der Waals surface area contributed by atoms with Gasteiger partial charge in [-0.3, -0.25) is 0 Å². The molecule has 2 nitrogen and oxygen atoms in total. The summed E-state index contributed by atoms with van der Waals surface area (Å²) >= 11 is 3.42. The molecule has 1 aromatic rings. The van der Waals surface area contributed by atoms with Crippen molar-refractivity contribution in [3.63, 3.8) is 0 Å². The van der Waals surface area contributed by atoms with Crippen LogP contribution < -0.4 is 4.74 Å². The summed E-state index contributed by atoms with van der Waals surface area (Å²) in [4.78, 5) is 0. The predicted molar refractivity (Wildman–Crippen MR) is 54.0 cm³/mol. The fourth-order valence-electron chi connectivity index (χ4n) is 1.74. The van der Waals surface area contributed by atoms with Crippen molar-refractivity contribution < 1.29 is 9.84 Å². The van der Waals surface area contributed by atoms with Gasteiger partial charge in [-0.05, 0) is 52.0 Å². The van der Waals surface area contributed by atoms with Crippen LogP contribution in [0.4, 0.5) is 0 Å². The van der Waals surface area contributed by atoms with Crippen molar-refractivity contribution in [3.05, 3.63) is 27.7 Å². The third-order valence-electron chi connectivity index (χ3n) is 2.46. The Balaban J connectivity index is 2.51. The Kier molecular flexibility index (Phi) is 2.30. The van der Waals surface area contributed by atoms with Gasteiger partial charge in [-0.2, -0.15) is 0 Å². The van der Waals surface area contributed by atoms with Crippen molar-refractivity contribution in [2.75, 3.05) is 7.11 Å². The lowest BCUT2D eigenvalue weighted by Gasteiger charge is -2.08. The molecular weight excluding hydrogens is 232 g/mol. The summed E-state index contributed by atoms with van der Waals surface area (Å²) in [5, 5.41) is 9.62. The molecule has 0 spiro atoms. The minimum absolute atomic E-state index is 0.308. The fourth-order valence-corrected chi connectivity index (χ4v) is 2.29. The number of aliphatic hydroxyl groups is 1. The molecule has 2 rings (SSSR count). The van der Waals surface area contributed by atoms with E-state index >= 15 is 0 Å². The zero-order chi connectivity index (χ0) is 9.42. The normalized spacial score (nSPS) is 20.1. The lowest BCUT2D eigenvalue weighted by Crippen LogP contribution is -1.92. The van der Waals surface area contributed by atoms with Gasteiger partial charge in [0.05, 0.1) is 17.7 Å². The Morgan fingerprint density at radius 2 is 2.31 bits per heavy atom. The van der Waals surface area contributed by atoms with Crippen molar-refractivity contribution in [2.24, 2.45) is 0 Å². The van der Waals surface area contributed by atoms with Gasteiger partial charge >= 0.3 is 0 Å². The molecule has 13 heavy (non-hydrogen) atoms. The number of hydrogen-bond acceptors (Lipinski definition) is 2. The van der Waals surface area contributed by atoms with Crippen molar-refractivity contribution in [1.29, 1.82) is 0 Å². The maximum Gasteiger partial charge on any atom is 0.133 e. The van der Waals surface area contributed by atoms with E-state index in [1.54, 1.807) is 7.11 Å². The molecule has 0 aliphatic heterocycles. The molecule has 0 aromatic heterocycles. The standard InChI is InChI=1S/C10H11BrO2/c1-13-10-5-7-6(4-8(10)11)2-3-9(7)12/h4-5,9,12H,2-3H2,1H3. The topological polar surface area (TPSA) is 29.5 Å². The number of ether oxygens (including phenoxy) is 1. The van der Waals surface area contributed by atoms with Gasteiger partial charge in [0.25, 0.3) is 0 Å². The van der Waals surface area contributed by atoms with E-state index in [-0.39, 0.29) is 6.10 Å². The van der Waals surface area contributed by atoms with Crippen LogP contribution in [0.2, 0.25) is 0 Å². The molecule has 0 heterocycles. The molecule has 1 aliphatic carbocycles. The Morgan fingerprint density at radius 3 is 3.00 bits per heavy atom. The van der Waals surface area contributed by atoms with E-state index in [1.807, 2.05) is 12.1 Å². The lowest BCUT2D eigenvalue weighted by atomic mass is 10.1. The monoisotopic (exact) mass is 242 g/mol. The molecule has 1 atom stereocenters. The number of benzene rings is 1. The van der Waals surface area contributed by atoms with Crippen LogP contribution in [0.25, 0.3) is 0 Å². The molecule has 0 saturated carbocycles. The van der Waals surface area contributed by atoms with E-state index in [2.05, 4.69) is 15.9 Å². The maximum absolute atomic E-state index is 9.62. The number of halogens is 1. The molecule has 0 bridgehead atoms. The number of rotatable bonds is 1. The van der Waals surface area contributed by atoms with Crippen molar-refractivity contribution in [3.8, 4) is 5.75 Å². The maximum atomic E-state index is 9.62. The van der Waals surface area contributed by atoms with E-state index in [4.69, 9.17) is 4.74 Å². The van der Waals surface area contributed by atoms with Gasteiger partial charge in [0.15, 0.2) is 0 Å². The Labute approximate surface area is 85.7 Å². The lowest BCUT2D eigenvalue weighted by molar-refractivity contribution is 0.179. The summed E-state index contributed by atoms with van der Waals surface area (Å²) in [6, 6.07) is 3.95. The highest BCUT2D eigenvalue weighted by Crippen LogP contribution is 2.37. The zero-order valence-corrected chi connectivity index (χ0v) is 8.97. The Hall–Kier alpha value is -0.540. The van der Waals surface area contributed by atoms with Crippen molar-refractivity contribution in [2.45, 2.75) is 18.9 Å². The number of hydrogen-bond donors (Lipinski definition) is 1. The van der Waals surface area contributed by atoms with Gasteiger partial charge in [-0.25, -0.2) is 0 Å². The van der Waals surface area contributed by atoms with Crippen LogP contribution in [0.3, 0.4) is 0 Å². The van der Waals surface area contributed by atoms with Crippen LogP contribution in [0, 0.1) is 0 Å². The van der Waals surface area contributed by atoms with Crippen LogP contribution in [-0.4, -0.2) is 12.2 Å². The van der Waals surface area contributed by atoms with E-state index in [0.29, 0.717) is 0 Å². The second-order valence-electron chi connectivity index (χ2n) is 3.24. The molecule has 1 aliphatic rings. The molecule has 70 valence electrons. The number of aliphatic hydroxyl groups excluding tert-OH is 1. The highest BCUT2D eigenvalue weighted by atomic mass is 79.9. The summed E-state index contributed by atoms with van der Waals surface area (Å²) in [6.07, 6.45) is 1.48. The first-order chi connectivity index (χ1) is 6.22. The average Bonchev–Trinajstić information content (AvgIpc) is 2.46. The van der Waals surface area contributed by atoms with Crippen molar-refractivity contribution in [1.82, 2.24) is 0 Å². The van der Waals surface area contributed by atoms with E-state index in [0.717, 1.165) is 28.6 Å². The average molecular weight is 243 g/mol. The van der Waals surface area contributed by atoms with Gasteiger partial charge in [0.1, 0.15) is 5.75 Å². The molecule has 0 fully saturated rings. The minimum atomic E-state index is -0.308. The van der Waals surface area contributed by atoms with Gasteiger partial charge in [-0.15, -0.1) is 0 Å². The first-order valence-corrected chi connectivity index (χ1v) is 5.06. The number of methoxy groups -OCH3 is 1. The highest BCUT2D eigenvalue weighted by molar-refractivity contribution is 9.10. The van der Waals surface area contributed by atoms with Gasteiger partial charge in [-0.1, -0.05) is 0 Å². The number of fused-ring (bicyclic) bond motifs is 1. The predicted octanol–water partition coefficient (Wildman–Crippen LogP) is 2.44. The third-order valence-corrected chi connectivity index (χ3v) is 3.08. The molecule has 3 heteroatoms. The minimum Gasteiger partial charge on any atom is -0.496 e. The highest BCUT2D eigenvalue weighted by Gasteiger charge is 2.21. The Morgan fingerprint density at radius 1 is 1.54 bits per heavy atom.